The van der Waals surface area contributed by atoms with Gasteiger partial charge in [-0.15, -0.1) is 0 Å². The summed E-state index contributed by atoms with van der Waals surface area (Å²) < 4.78 is 22.9. The number of unbranched alkanes of at least 4 members (excludes halogenated alkanes) is 20. The quantitative estimate of drug-likeness (QED) is 0.0494. The van der Waals surface area contributed by atoms with Crippen LogP contribution in [0.3, 0.4) is 0 Å². The van der Waals surface area contributed by atoms with Crippen molar-refractivity contribution in [3.05, 3.63) is 89.5 Å². The second-order valence-electron chi connectivity index (χ2n) is 21.1. The van der Waals surface area contributed by atoms with Gasteiger partial charge in [-0.1, -0.05) is 26.7 Å². The minimum absolute atomic E-state index is 0.0136. The number of hydrogen-bond donors (Lipinski definition) is 0. The monoisotopic (exact) mass is 845 g/mol. The predicted octanol–water partition coefficient (Wildman–Crippen LogP) is 17.6. The number of hydrogen-bond acceptors (Lipinski definition) is 3. The van der Waals surface area contributed by atoms with Crippen molar-refractivity contribution in [2.24, 2.45) is 0 Å². The molecule has 0 heterocycles. The fourth-order valence-corrected chi connectivity index (χ4v) is 12.3. The zero-order valence-corrected chi connectivity index (χ0v) is 42.0. The molecule has 0 N–H and O–H groups in total. The van der Waals surface area contributed by atoms with Crippen LogP contribution in [-0.2, 0) is 25.3 Å². The van der Waals surface area contributed by atoms with Gasteiger partial charge in [-0.25, -0.2) is 0 Å². The van der Waals surface area contributed by atoms with Crippen LogP contribution in [0.1, 0.15) is 234 Å². The molecule has 0 saturated carbocycles. The maximum atomic E-state index is 7.67. The summed E-state index contributed by atoms with van der Waals surface area (Å²) in [5, 5.41) is 2.01. The van der Waals surface area contributed by atoms with Crippen LogP contribution in [0.5, 0.6) is 5.75 Å². The molecule has 0 spiro atoms. The summed E-state index contributed by atoms with van der Waals surface area (Å²) in [5.74, 6) is 0.790. The second kappa shape index (κ2) is 25.8. The van der Waals surface area contributed by atoms with Gasteiger partial charge in [0.25, 0.3) is 0 Å². The Kier molecular flexibility index (Phi) is 22.4. The van der Waals surface area contributed by atoms with Gasteiger partial charge in [0.05, 0.1) is 0 Å². The summed E-state index contributed by atoms with van der Waals surface area (Å²) in [7, 11) is -4.30. The van der Waals surface area contributed by atoms with Crippen LogP contribution in [0.15, 0.2) is 72.8 Å². The summed E-state index contributed by atoms with van der Waals surface area (Å²) >= 11 is 0. The van der Waals surface area contributed by atoms with Crippen molar-refractivity contribution >= 4 is 17.9 Å². The Bertz CT molecular complexity index is 1460. The van der Waals surface area contributed by atoms with Gasteiger partial charge in [-0.2, -0.15) is 0 Å². The Balaban J connectivity index is 2.02. The molecule has 340 valence electrons. The fraction of sp³-hybridized carbons (Fsp3) is 0.679. The van der Waals surface area contributed by atoms with E-state index in [1.807, 2.05) is 0 Å². The van der Waals surface area contributed by atoms with Crippen LogP contribution in [-0.4, -0.2) is 13.2 Å². The van der Waals surface area contributed by atoms with Gasteiger partial charge in [-0.3, -0.25) is 0 Å². The zero-order valence-electron chi connectivity index (χ0n) is 41.1. The average molecular weight is 845 g/mol. The van der Waals surface area contributed by atoms with Crippen LogP contribution < -0.4 is 15.1 Å². The van der Waals surface area contributed by atoms with Crippen LogP contribution in [0.25, 0.3) is 0 Å². The van der Waals surface area contributed by atoms with Crippen molar-refractivity contribution in [1.82, 2.24) is 0 Å². The second-order valence-corrected chi connectivity index (χ2v) is 24.6. The first-order chi connectivity index (χ1) is 28.6. The zero-order chi connectivity index (χ0) is 44.0. The summed E-state index contributed by atoms with van der Waals surface area (Å²) in [4.78, 5) is 0. The Hall–Kier alpha value is -2.19. The maximum absolute atomic E-state index is 7.67. The van der Waals surface area contributed by atoms with E-state index in [0.29, 0.717) is 13.2 Å². The Morgan fingerprint density at radius 1 is 0.333 bits per heavy atom. The normalized spacial score (nSPS) is 13.3. The molecular formula is C56H93O3P. The van der Waals surface area contributed by atoms with Gasteiger partial charge >= 0.3 is 347 Å². The van der Waals surface area contributed by atoms with E-state index in [1.165, 1.54) is 132 Å². The standard InChI is InChI=1S/C56H93O3P/c1-12-14-16-18-20-22-24-26-28-30-32-46-57-60(52-42-36-49(37-43-52)55(6,7)8,53-44-38-50(39-45-53)56(9,10)11,59-51-40-34-48(35-41-51)54(3,4)5)58-47-33-31-29-27-25-23-21-19-17-15-13-2/h34-45H,12-33,46-47H2,1-11H3. The molecule has 0 aliphatic heterocycles. The van der Waals surface area contributed by atoms with Gasteiger partial charge in [-0.05, 0) is 0 Å². The molecule has 0 aliphatic rings. The van der Waals surface area contributed by atoms with Crippen LogP contribution in [0.2, 0.25) is 0 Å². The van der Waals surface area contributed by atoms with E-state index in [9.17, 15) is 0 Å². The minimum atomic E-state index is -4.30. The first-order valence-electron chi connectivity index (χ1n) is 24.9. The van der Waals surface area contributed by atoms with Crippen molar-refractivity contribution in [2.45, 2.75) is 234 Å². The molecule has 0 aliphatic carbocycles. The molecule has 0 amide bonds. The van der Waals surface area contributed by atoms with Crippen molar-refractivity contribution in [3.8, 4) is 5.75 Å². The average Bonchev–Trinajstić information content (AvgIpc) is 3.21. The van der Waals surface area contributed by atoms with E-state index in [1.54, 1.807) is 0 Å². The summed E-state index contributed by atoms with van der Waals surface area (Å²) in [6.45, 7) is 26.3. The molecule has 60 heavy (non-hydrogen) atoms. The van der Waals surface area contributed by atoms with E-state index in [4.69, 9.17) is 13.6 Å². The van der Waals surface area contributed by atoms with E-state index in [2.05, 4.69) is 149 Å². The number of rotatable bonds is 30. The van der Waals surface area contributed by atoms with E-state index in [0.717, 1.165) is 42.0 Å². The predicted molar refractivity (Wildman–Crippen MR) is 267 cm³/mol. The molecule has 0 radical (unpaired) electrons. The molecule has 3 rings (SSSR count). The molecule has 0 aromatic heterocycles. The van der Waals surface area contributed by atoms with Crippen LogP contribution >= 0.6 is 7.28 Å². The fourth-order valence-electron chi connectivity index (χ4n) is 8.28. The Morgan fingerprint density at radius 2 is 0.583 bits per heavy atom. The molecule has 0 unspecified atom stereocenters. The van der Waals surface area contributed by atoms with Gasteiger partial charge in [0.15, 0.2) is 0 Å². The third-order valence-electron chi connectivity index (χ3n) is 12.5. The summed E-state index contributed by atoms with van der Waals surface area (Å²) in [6.07, 6.45) is 28.4. The summed E-state index contributed by atoms with van der Waals surface area (Å²) in [5.41, 5.74) is 3.92. The molecule has 0 atom stereocenters. The number of benzene rings is 3. The van der Waals surface area contributed by atoms with Gasteiger partial charge in [0.2, 0.25) is 0 Å². The van der Waals surface area contributed by atoms with Crippen molar-refractivity contribution in [3.63, 3.8) is 0 Å². The van der Waals surface area contributed by atoms with Gasteiger partial charge < -0.3 is 0 Å². The van der Waals surface area contributed by atoms with Crippen molar-refractivity contribution in [1.29, 1.82) is 0 Å². The molecule has 3 nitrogen and oxygen atoms in total. The van der Waals surface area contributed by atoms with Crippen molar-refractivity contribution in [2.75, 3.05) is 13.2 Å². The van der Waals surface area contributed by atoms with E-state index >= 15 is 0 Å². The van der Waals surface area contributed by atoms with E-state index < -0.39 is 7.28 Å². The van der Waals surface area contributed by atoms with E-state index in [-0.39, 0.29) is 16.2 Å². The van der Waals surface area contributed by atoms with Gasteiger partial charge in [0, 0.05) is 0 Å². The SMILES string of the molecule is CCCCCCCCCCCCCOP(OCCCCCCCCCCCCC)(Oc1ccc(C(C)(C)C)cc1)(c1ccc(C(C)(C)C)cc1)c1ccc(C(C)(C)C)cc1. The third-order valence-corrected chi connectivity index (χ3v) is 16.7. The summed E-state index contributed by atoms with van der Waals surface area (Å²) in [6, 6.07) is 26.9. The van der Waals surface area contributed by atoms with Crippen LogP contribution in [0.4, 0.5) is 0 Å². The first kappa shape index (κ1) is 52.2. The molecule has 0 fully saturated rings. The van der Waals surface area contributed by atoms with Crippen LogP contribution in [0, 0.1) is 0 Å². The first-order valence-corrected chi connectivity index (χ1v) is 26.9. The molecule has 0 saturated heterocycles. The van der Waals surface area contributed by atoms with Crippen molar-refractivity contribution < 1.29 is 13.6 Å². The topological polar surface area (TPSA) is 27.7 Å². The third kappa shape index (κ3) is 16.8. The Labute approximate surface area is 372 Å². The molecular weight excluding hydrogens is 752 g/mol. The molecule has 3 aromatic rings. The molecule has 4 heteroatoms. The van der Waals surface area contributed by atoms with Gasteiger partial charge in [0.1, 0.15) is 0 Å². The Morgan fingerprint density at radius 3 is 0.850 bits per heavy atom. The molecule has 0 bridgehead atoms. The molecule has 3 aromatic carbocycles.